The van der Waals surface area contributed by atoms with E-state index in [0.29, 0.717) is 60.9 Å². The zero-order chi connectivity index (χ0) is 51.7. The molecule has 0 heterocycles. The second kappa shape index (κ2) is 25.2. The van der Waals surface area contributed by atoms with Crippen molar-refractivity contribution in [3.05, 3.63) is 166 Å². The molecule has 5 aromatic carbocycles. The van der Waals surface area contributed by atoms with Crippen molar-refractivity contribution < 1.29 is 72.4 Å². The highest BCUT2D eigenvalue weighted by atomic mass is 19.4. The van der Waals surface area contributed by atoms with Gasteiger partial charge in [-0.1, -0.05) is 67.4 Å². The lowest BCUT2D eigenvalue weighted by molar-refractivity contribution is -0.186. The number of halogens is 10. The van der Waals surface area contributed by atoms with Crippen molar-refractivity contribution in [2.24, 2.45) is 0 Å². The van der Waals surface area contributed by atoms with E-state index in [1.165, 1.54) is 66.7 Å². The molecule has 0 aliphatic heterocycles. The number of carbonyl (C=O) groups is 2. The summed E-state index contributed by atoms with van der Waals surface area (Å²) in [5.74, 6) is -2.63. The fourth-order valence-electron chi connectivity index (χ4n) is 7.08. The van der Waals surface area contributed by atoms with E-state index in [1.54, 1.807) is 36.4 Å². The molecule has 18 heteroatoms. The van der Waals surface area contributed by atoms with Crippen LogP contribution in [0.15, 0.2) is 127 Å². The molecule has 0 radical (unpaired) electrons. The fourth-order valence-corrected chi connectivity index (χ4v) is 7.08. The van der Waals surface area contributed by atoms with Crippen LogP contribution in [0.2, 0.25) is 0 Å². The highest BCUT2D eigenvalue weighted by molar-refractivity contribution is 5.87. The lowest BCUT2D eigenvalue weighted by atomic mass is 9.98. The van der Waals surface area contributed by atoms with Crippen molar-refractivity contribution >= 4 is 35.5 Å². The predicted molar refractivity (Wildman–Crippen MR) is 249 cm³/mol. The number of nitrogen functional groups attached to an aromatic ring is 2. The predicted octanol–water partition coefficient (Wildman–Crippen LogP) is 14.0. The van der Waals surface area contributed by atoms with Crippen molar-refractivity contribution in [3.63, 3.8) is 0 Å². The van der Waals surface area contributed by atoms with E-state index in [9.17, 15) is 35.9 Å². The Bertz CT molecular complexity index is 2380. The summed E-state index contributed by atoms with van der Waals surface area (Å²) in [5.41, 5.74) is 14.4. The maximum absolute atomic E-state index is 15.0. The third-order valence-electron chi connectivity index (χ3n) is 10.9. The first-order valence-corrected chi connectivity index (χ1v) is 22.5. The Kier molecular flexibility index (Phi) is 19.5. The molecule has 0 atom stereocenters. The maximum Gasteiger partial charge on any atom is 0.426 e. The van der Waals surface area contributed by atoms with Gasteiger partial charge in [-0.2, -0.15) is 43.9 Å². The maximum atomic E-state index is 15.0. The van der Waals surface area contributed by atoms with Crippen LogP contribution in [0.25, 0.3) is 12.2 Å². The van der Waals surface area contributed by atoms with Gasteiger partial charge in [-0.15, -0.1) is 0 Å². The van der Waals surface area contributed by atoms with Crippen LogP contribution < -0.4 is 20.9 Å². The summed E-state index contributed by atoms with van der Waals surface area (Å²) in [5, 5.41) is 0. The number of nitrogens with two attached hydrogens (primary N) is 2. The number of alkyl halides is 10. The van der Waals surface area contributed by atoms with Crippen molar-refractivity contribution in [2.75, 3.05) is 24.7 Å². The lowest BCUT2D eigenvalue weighted by Gasteiger charge is -2.19. The first-order valence-electron chi connectivity index (χ1n) is 22.5. The minimum atomic E-state index is -4.20. The van der Waals surface area contributed by atoms with Crippen molar-refractivity contribution in [3.8, 4) is 11.5 Å². The smallest absolute Gasteiger partial charge is 0.426 e. The number of unbranched alkanes of at least 4 members (excludes halogenated alkanes) is 4. The van der Waals surface area contributed by atoms with Crippen LogP contribution in [0.4, 0.5) is 55.3 Å². The van der Waals surface area contributed by atoms with Gasteiger partial charge in [-0.05, 0) is 139 Å². The van der Waals surface area contributed by atoms with Gasteiger partial charge in [0.25, 0.3) is 0 Å². The van der Waals surface area contributed by atoms with Gasteiger partial charge in [-0.25, -0.2) is 9.59 Å². The number of ether oxygens (including phenoxy) is 4. The van der Waals surface area contributed by atoms with Gasteiger partial charge < -0.3 is 30.4 Å². The normalized spacial score (nSPS) is 12.4. The van der Waals surface area contributed by atoms with E-state index in [2.05, 4.69) is 0 Å². The molecule has 0 aliphatic carbocycles. The Morgan fingerprint density at radius 1 is 0.493 bits per heavy atom. The number of anilines is 2. The van der Waals surface area contributed by atoms with Crippen molar-refractivity contribution in [1.29, 1.82) is 0 Å². The highest BCUT2D eigenvalue weighted by Crippen LogP contribution is 2.34. The SMILES string of the molecule is Nc1ccc(C(COC(=O)/C=C/c2ccc(C(F)(F)Oc3ccc(CCCCCC(F)(F)F)cc3)cc2)COC(=O)/C=C/c2ccc(C(F)(F)Oc3ccc(CCCCCC(F)(F)F)cc3)cc2)c(N)c1. The van der Waals surface area contributed by atoms with Crippen LogP contribution in [0.1, 0.15) is 96.2 Å². The highest BCUT2D eigenvalue weighted by Gasteiger charge is 2.35. The van der Waals surface area contributed by atoms with E-state index in [1.807, 2.05) is 0 Å². The number of rotatable bonds is 25. The summed E-state index contributed by atoms with van der Waals surface area (Å²) in [6.45, 7) is -0.619. The van der Waals surface area contributed by atoms with Gasteiger partial charge in [-0.3, -0.25) is 0 Å². The number of hydrogen-bond acceptors (Lipinski definition) is 8. The van der Waals surface area contributed by atoms with Gasteiger partial charge in [0, 0.05) is 36.4 Å². The van der Waals surface area contributed by atoms with Crippen LogP contribution in [-0.4, -0.2) is 37.5 Å². The van der Waals surface area contributed by atoms with Gasteiger partial charge in [0.1, 0.15) is 24.7 Å². The zero-order valence-electron chi connectivity index (χ0n) is 38.2. The molecule has 0 unspecified atom stereocenters. The average molecular weight is 1000 g/mol. The first kappa shape index (κ1) is 55.0. The van der Waals surface area contributed by atoms with Gasteiger partial charge in [0.2, 0.25) is 0 Å². The van der Waals surface area contributed by atoms with Crippen LogP contribution in [0.5, 0.6) is 11.5 Å². The molecular weight excluding hydrogens is 951 g/mol. The summed E-state index contributed by atoms with van der Waals surface area (Å²) in [4.78, 5) is 25.6. The van der Waals surface area contributed by atoms with Crippen LogP contribution in [0.3, 0.4) is 0 Å². The number of hydrogen-bond donors (Lipinski definition) is 2. The Morgan fingerprint density at radius 2 is 0.887 bits per heavy atom. The van der Waals surface area contributed by atoms with Crippen LogP contribution in [0, 0.1) is 0 Å². The standard InChI is InChI=1S/C53H52F10N2O6/c54-50(55,56)31-5-1-3-7-36-13-24-44(25-14-36)70-52(60,61)41-19-9-38(10-20-41)17-29-48(66)68-34-40(46-28-23-43(64)33-47(46)65)35-69-49(67)30-18-39-11-21-42(22-12-39)53(62,63)71-45-26-15-37(16-27-45)8-4-2-6-32-51(57,58)59/h9-30,33,40H,1-8,31-32,34-35,64-65H2/b29-17+,30-18+. The second-order valence-electron chi connectivity index (χ2n) is 16.6. The minimum Gasteiger partial charge on any atom is -0.462 e. The summed E-state index contributed by atoms with van der Waals surface area (Å²) in [6.07, 6.45) is -9.89. The Balaban J connectivity index is 1.09. The van der Waals surface area contributed by atoms with Crippen LogP contribution >= 0.6 is 0 Å². The number of aryl methyl sites for hydroxylation is 2. The molecule has 8 nitrogen and oxygen atoms in total. The molecule has 0 amide bonds. The molecular formula is C53H52F10N2O6. The number of esters is 2. The summed E-state index contributed by atoms with van der Waals surface area (Å²) in [7, 11) is 0. The molecule has 380 valence electrons. The molecule has 0 aromatic heterocycles. The van der Waals surface area contributed by atoms with E-state index in [4.69, 9.17) is 30.4 Å². The number of carbonyl (C=O) groups excluding carboxylic acids is 2. The molecule has 0 saturated heterocycles. The molecule has 0 aliphatic rings. The number of benzene rings is 5. The van der Waals surface area contributed by atoms with Crippen molar-refractivity contribution in [2.45, 2.75) is 94.7 Å². The van der Waals surface area contributed by atoms with Gasteiger partial charge >= 0.3 is 36.5 Å². The Labute approximate surface area is 404 Å². The van der Waals surface area contributed by atoms with E-state index in [-0.39, 0.29) is 43.2 Å². The third kappa shape index (κ3) is 19.4. The molecule has 0 spiro atoms. The molecule has 0 fully saturated rings. The molecule has 0 saturated carbocycles. The average Bonchev–Trinajstić information content (AvgIpc) is 3.30. The third-order valence-corrected chi connectivity index (χ3v) is 10.9. The Hall–Kier alpha value is -6.98. The topological polar surface area (TPSA) is 123 Å². The van der Waals surface area contributed by atoms with Crippen molar-refractivity contribution in [1.82, 2.24) is 0 Å². The van der Waals surface area contributed by atoms with E-state index in [0.717, 1.165) is 47.5 Å². The summed E-state index contributed by atoms with van der Waals surface area (Å²) < 4.78 is 155. The quantitative estimate of drug-likeness (QED) is 0.0195. The van der Waals surface area contributed by atoms with Crippen LogP contribution in [-0.2, 0) is 44.1 Å². The van der Waals surface area contributed by atoms with E-state index < -0.39 is 66.4 Å². The molecule has 4 N–H and O–H groups in total. The molecule has 0 bridgehead atoms. The monoisotopic (exact) mass is 1000 g/mol. The first-order chi connectivity index (χ1) is 33.5. The molecule has 5 rings (SSSR count). The lowest BCUT2D eigenvalue weighted by Crippen LogP contribution is -2.21. The second-order valence-corrected chi connectivity index (χ2v) is 16.6. The fraction of sp³-hybridized carbons (Fsp3) is 0.321. The molecule has 71 heavy (non-hydrogen) atoms. The van der Waals surface area contributed by atoms with Gasteiger partial charge in [0.15, 0.2) is 0 Å². The largest absolute Gasteiger partial charge is 0.462 e. The summed E-state index contributed by atoms with van der Waals surface area (Å²) >= 11 is 0. The molecule has 5 aromatic rings. The van der Waals surface area contributed by atoms with E-state index >= 15 is 17.6 Å². The Morgan fingerprint density at radius 3 is 1.25 bits per heavy atom. The van der Waals surface area contributed by atoms with Gasteiger partial charge in [0.05, 0.1) is 17.0 Å². The minimum absolute atomic E-state index is 0.0196. The zero-order valence-corrected chi connectivity index (χ0v) is 38.2. The summed E-state index contributed by atoms with van der Waals surface area (Å²) in [6, 6.07) is 26.2.